The SMILES string of the molecule is CCOC(=O)C(C#N)(NC(C)=O)C(CC(=O)c1ccccc1)c1ccc(Cl)cc1. The number of rotatable bonds is 8. The van der Waals surface area contributed by atoms with Gasteiger partial charge in [-0.3, -0.25) is 9.59 Å². The molecule has 2 unspecified atom stereocenters. The molecule has 0 spiro atoms. The summed E-state index contributed by atoms with van der Waals surface area (Å²) in [6.07, 6.45) is -0.196. The van der Waals surface area contributed by atoms with E-state index < -0.39 is 23.3 Å². The van der Waals surface area contributed by atoms with Crippen LogP contribution >= 0.6 is 11.6 Å². The van der Waals surface area contributed by atoms with Gasteiger partial charge in [0.2, 0.25) is 11.4 Å². The normalized spacial score (nSPS) is 13.4. The summed E-state index contributed by atoms with van der Waals surface area (Å²) in [5.41, 5.74) is -1.13. The molecule has 1 N–H and O–H groups in total. The molecule has 2 rings (SSSR count). The van der Waals surface area contributed by atoms with Gasteiger partial charge in [-0.15, -0.1) is 0 Å². The molecule has 2 aromatic carbocycles. The number of hydrogen-bond donors (Lipinski definition) is 1. The summed E-state index contributed by atoms with van der Waals surface area (Å²) in [4.78, 5) is 37.7. The van der Waals surface area contributed by atoms with Crippen molar-refractivity contribution in [3.05, 3.63) is 70.7 Å². The number of carbonyl (C=O) groups excluding carboxylic acids is 3. The minimum absolute atomic E-state index is 0.0157. The molecule has 0 saturated carbocycles. The second kappa shape index (κ2) is 9.85. The molecule has 1 amide bonds. The highest BCUT2D eigenvalue weighted by Gasteiger charge is 2.50. The van der Waals surface area contributed by atoms with E-state index in [0.717, 1.165) is 0 Å². The Morgan fingerprint density at radius 2 is 1.76 bits per heavy atom. The van der Waals surface area contributed by atoms with E-state index in [2.05, 4.69) is 5.32 Å². The number of ether oxygens (including phenoxy) is 1. The maximum Gasteiger partial charge on any atom is 0.347 e. The Kier molecular flexibility index (Phi) is 7.52. The monoisotopic (exact) mass is 412 g/mol. The van der Waals surface area contributed by atoms with Crippen molar-refractivity contribution < 1.29 is 19.1 Å². The van der Waals surface area contributed by atoms with Gasteiger partial charge in [-0.2, -0.15) is 5.26 Å². The van der Waals surface area contributed by atoms with Gasteiger partial charge >= 0.3 is 5.97 Å². The molecule has 2 atom stereocenters. The van der Waals surface area contributed by atoms with Crippen molar-refractivity contribution in [2.45, 2.75) is 31.7 Å². The lowest BCUT2D eigenvalue weighted by Gasteiger charge is -2.33. The van der Waals surface area contributed by atoms with Gasteiger partial charge in [-0.05, 0) is 24.6 Å². The first-order valence-corrected chi connectivity index (χ1v) is 9.42. The topological polar surface area (TPSA) is 96.3 Å². The van der Waals surface area contributed by atoms with E-state index in [4.69, 9.17) is 16.3 Å². The lowest BCUT2D eigenvalue weighted by Crippen LogP contribution is -2.58. The lowest BCUT2D eigenvalue weighted by molar-refractivity contribution is -0.151. The molecule has 150 valence electrons. The first kappa shape index (κ1) is 22.1. The average Bonchev–Trinajstić information content (AvgIpc) is 2.71. The van der Waals surface area contributed by atoms with E-state index in [0.29, 0.717) is 16.1 Å². The molecular formula is C22H21ClN2O4. The first-order chi connectivity index (χ1) is 13.8. The van der Waals surface area contributed by atoms with Crippen LogP contribution in [0.4, 0.5) is 0 Å². The summed E-state index contributed by atoms with van der Waals surface area (Å²) in [6.45, 7) is 2.81. The Balaban J connectivity index is 2.59. The van der Waals surface area contributed by atoms with Crippen LogP contribution in [0.1, 0.15) is 42.1 Å². The summed E-state index contributed by atoms with van der Waals surface area (Å²) >= 11 is 5.97. The minimum Gasteiger partial charge on any atom is -0.463 e. The van der Waals surface area contributed by atoms with Crippen molar-refractivity contribution in [1.29, 1.82) is 5.26 Å². The third kappa shape index (κ3) is 5.21. The highest BCUT2D eigenvalue weighted by Crippen LogP contribution is 2.35. The Morgan fingerprint density at radius 1 is 1.14 bits per heavy atom. The molecular weight excluding hydrogens is 392 g/mol. The fourth-order valence-electron chi connectivity index (χ4n) is 3.10. The van der Waals surface area contributed by atoms with Crippen molar-refractivity contribution >= 4 is 29.3 Å². The molecule has 6 nitrogen and oxygen atoms in total. The van der Waals surface area contributed by atoms with Gasteiger partial charge in [0.1, 0.15) is 6.07 Å². The van der Waals surface area contributed by atoms with Crippen LogP contribution in [0.15, 0.2) is 54.6 Å². The van der Waals surface area contributed by atoms with Crippen molar-refractivity contribution in [3.8, 4) is 6.07 Å². The second-order valence-corrected chi connectivity index (χ2v) is 6.86. The maximum atomic E-state index is 12.9. The number of amides is 1. The third-order valence-electron chi connectivity index (χ3n) is 4.43. The van der Waals surface area contributed by atoms with Crippen LogP contribution in [0.3, 0.4) is 0 Å². The largest absolute Gasteiger partial charge is 0.463 e. The van der Waals surface area contributed by atoms with Crippen molar-refractivity contribution in [1.82, 2.24) is 5.32 Å². The van der Waals surface area contributed by atoms with Gasteiger partial charge in [0, 0.05) is 29.8 Å². The molecule has 7 heteroatoms. The summed E-state index contributed by atoms with van der Waals surface area (Å²) in [5, 5.41) is 12.9. The average molecular weight is 413 g/mol. The van der Waals surface area contributed by atoms with Crippen molar-refractivity contribution in [3.63, 3.8) is 0 Å². The number of ketones is 1. The van der Waals surface area contributed by atoms with Crippen molar-refractivity contribution in [2.75, 3.05) is 6.61 Å². The van der Waals surface area contributed by atoms with Crippen LogP contribution in [0.2, 0.25) is 5.02 Å². The molecule has 0 radical (unpaired) electrons. The quantitative estimate of drug-likeness (QED) is 0.527. The fraction of sp³-hybridized carbons (Fsp3) is 0.273. The molecule has 0 fully saturated rings. The number of carbonyl (C=O) groups is 3. The molecule has 0 aliphatic rings. The van der Waals surface area contributed by atoms with Gasteiger partial charge < -0.3 is 10.1 Å². The zero-order chi connectivity index (χ0) is 21.4. The van der Waals surface area contributed by atoms with Crippen LogP contribution in [-0.2, 0) is 14.3 Å². The highest BCUT2D eigenvalue weighted by atomic mass is 35.5. The third-order valence-corrected chi connectivity index (χ3v) is 4.68. The number of benzene rings is 2. The summed E-state index contributed by atoms with van der Waals surface area (Å²) in [5.74, 6) is -2.77. The van der Waals surface area contributed by atoms with E-state index in [1.54, 1.807) is 61.5 Å². The Labute approximate surface area is 174 Å². The molecule has 0 aliphatic carbocycles. The molecule has 0 heterocycles. The van der Waals surface area contributed by atoms with Gasteiger partial charge in [0.15, 0.2) is 5.78 Å². The summed E-state index contributed by atoms with van der Waals surface area (Å²) < 4.78 is 5.10. The number of nitriles is 1. The number of nitrogens with one attached hydrogen (secondary N) is 1. The molecule has 2 aromatic rings. The van der Waals surface area contributed by atoms with Crippen LogP contribution in [0.25, 0.3) is 0 Å². The molecule has 0 saturated heterocycles. The number of hydrogen-bond acceptors (Lipinski definition) is 5. The first-order valence-electron chi connectivity index (χ1n) is 9.05. The molecule has 0 bridgehead atoms. The number of Topliss-reactive ketones (excluding diaryl/α,β-unsaturated/α-hetero) is 1. The smallest absolute Gasteiger partial charge is 0.347 e. The van der Waals surface area contributed by atoms with Gasteiger partial charge in [0.05, 0.1) is 6.61 Å². The lowest BCUT2D eigenvalue weighted by atomic mass is 9.76. The van der Waals surface area contributed by atoms with Gasteiger partial charge in [-0.1, -0.05) is 54.1 Å². The Morgan fingerprint density at radius 3 is 2.28 bits per heavy atom. The molecule has 0 aromatic heterocycles. The zero-order valence-corrected chi connectivity index (χ0v) is 16.9. The standard InChI is InChI=1S/C22H21ClN2O4/c1-3-29-21(28)22(14-24,25-15(2)26)19(16-9-11-18(23)12-10-16)13-20(27)17-7-5-4-6-8-17/h4-12,19H,3,13H2,1-2H3,(H,25,26). The Bertz CT molecular complexity index is 922. The predicted molar refractivity (Wildman–Crippen MR) is 108 cm³/mol. The van der Waals surface area contributed by atoms with E-state index in [-0.39, 0.29) is 18.8 Å². The Hall–Kier alpha value is -3.17. The van der Waals surface area contributed by atoms with Crippen LogP contribution in [0.5, 0.6) is 0 Å². The van der Waals surface area contributed by atoms with E-state index >= 15 is 0 Å². The van der Waals surface area contributed by atoms with Gasteiger partial charge in [-0.25, -0.2) is 4.79 Å². The van der Waals surface area contributed by atoms with E-state index in [9.17, 15) is 19.6 Å². The van der Waals surface area contributed by atoms with E-state index in [1.165, 1.54) is 6.92 Å². The van der Waals surface area contributed by atoms with E-state index in [1.807, 2.05) is 6.07 Å². The van der Waals surface area contributed by atoms with Crippen LogP contribution in [-0.4, -0.2) is 29.8 Å². The van der Waals surface area contributed by atoms with Crippen LogP contribution in [0, 0.1) is 11.3 Å². The summed E-state index contributed by atoms with van der Waals surface area (Å²) in [7, 11) is 0. The highest BCUT2D eigenvalue weighted by molar-refractivity contribution is 6.30. The van der Waals surface area contributed by atoms with Crippen molar-refractivity contribution in [2.24, 2.45) is 0 Å². The maximum absolute atomic E-state index is 12.9. The van der Waals surface area contributed by atoms with Crippen LogP contribution < -0.4 is 5.32 Å². The fourth-order valence-corrected chi connectivity index (χ4v) is 3.22. The van der Waals surface area contributed by atoms with Gasteiger partial charge in [0.25, 0.3) is 0 Å². The summed E-state index contributed by atoms with van der Waals surface area (Å²) in [6, 6.07) is 16.9. The zero-order valence-electron chi connectivity index (χ0n) is 16.1. The number of halogens is 1. The molecule has 0 aliphatic heterocycles. The number of esters is 1. The minimum atomic E-state index is -2.07. The predicted octanol–water partition coefficient (Wildman–Crippen LogP) is 3.66. The molecule has 29 heavy (non-hydrogen) atoms. The second-order valence-electron chi connectivity index (χ2n) is 6.42. The number of nitrogens with zero attached hydrogens (tertiary/aromatic N) is 1.